The number of nitrogens with one attached hydrogen (secondary N) is 2. The predicted octanol–water partition coefficient (Wildman–Crippen LogP) is 0.519. The van der Waals surface area contributed by atoms with Crippen molar-refractivity contribution in [3.63, 3.8) is 0 Å². The van der Waals surface area contributed by atoms with E-state index in [1.165, 1.54) is 7.05 Å². The minimum absolute atomic E-state index is 0.0613. The molecule has 0 saturated carbocycles. The Bertz CT molecular complexity index is 613. The van der Waals surface area contributed by atoms with E-state index >= 15 is 0 Å². The molecule has 1 atom stereocenters. The van der Waals surface area contributed by atoms with Gasteiger partial charge in [-0.05, 0) is 31.0 Å². The van der Waals surface area contributed by atoms with Gasteiger partial charge in [0, 0.05) is 25.7 Å². The van der Waals surface area contributed by atoms with Gasteiger partial charge < -0.3 is 15.5 Å². The highest BCUT2D eigenvalue weighted by Crippen LogP contribution is 2.29. The van der Waals surface area contributed by atoms with Crippen molar-refractivity contribution in [2.75, 3.05) is 25.0 Å². The van der Waals surface area contributed by atoms with Crippen molar-refractivity contribution < 1.29 is 14.4 Å². The molecule has 118 valence electrons. The van der Waals surface area contributed by atoms with Gasteiger partial charge in [0.15, 0.2) is 0 Å². The molecule has 1 aliphatic rings. The Morgan fingerprint density at radius 1 is 1.32 bits per heavy atom. The van der Waals surface area contributed by atoms with E-state index in [4.69, 9.17) is 0 Å². The molecule has 2 N–H and O–H groups in total. The number of hydrogen-bond acceptors (Lipinski definition) is 3. The second-order valence-corrected chi connectivity index (χ2v) is 5.52. The molecule has 0 bridgehead atoms. The van der Waals surface area contributed by atoms with Crippen molar-refractivity contribution in [3.05, 3.63) is 29.3 Å². The first kappa shape index (κ1) is 16.0. The third-order valence-electron chi connectivity index (χ3n) is 4.06. The Balaban J connectivity index is 2.06. The summed E-state index contributed by atoms with van der Waals surface area (Å²) in [5.41, 5.74) is 3.01. The number of hydrogen-bond donors (Lipinski definition) is 2. The van der Waals surface area contributed by atoms with Crippen LogP contribution in [0.5, 0.6) is 0 Å². The highest BCUT2D eigenvalue weighted by molar-refractivity contribution is 6.01. The Morgan fingerprint density at radius 2 is 2.05 bits per heavy atom. The number of carbonyl (C=O) groups is 3. The van der Waals surface area contributed by atoms with E-state index in [1.807, 2.05) is 32.0 Å². The summed E-state index contributed by atoms with van der Waals surface area (Å²) in [7, 11) is 1.51. The van der Waals surface area contributed by atoms with Crippen molar-refractivity contribution in [3.8, 4) is 0 Å². The first-order chi connectivity index (χ1) is 10.4. The summed E-state index contributed by atoms with van der Waals surface area (Å²) < 4.78 is 0. The number of anilines is 1. The Morgan fingerprint density at radius 3 is 2.73 bits per heavy atom. The van der Waals surface area contributed by atoms with Crippen molar-refractivity contribution in [1.82, 2.24) is 10.6 Å². The van der Waals surface area contributed by atoms with Crippen LogP contribution in [0.3, 0.4) is 0 Å². The van der Waals surface area contributed by atoms with Crippen LogP contribution in [0.25, 0.3) is 0 Å². The van der Waals surface area contributed by atoms with Crippen LogP contribution in [0.4, 0.5) is 5.69 Å². The largest absolute Gasteiger partial charge is 0.358 e. The molecule has 22 heavy (non-hydrogen) atoms. The second kappa shape index (κ2) is 6.60. The topological polar surface area (TPSA) is 78.5 Å². The van der Waals surface area contributed by atoms with Gasteiger partial charge in [-0.1, -0.05) is 12.1 Å². The van der Waals surface area contributed by atoms with E-state index < -0.39 is 5.92 Å². The first-order valence-electron chi connectivity index (χ1n) is 7.29. The predicted molar refractivity (Wildman–Crippen MR) is 83.5 cm³/mol. The van der Waals surface area contributed by atoms with Crippen LogP contribution in [0.1, 0.15) is 17.5 Å². The molecule has 0 aliphatic carbocycles. The maximum absolute atomic E-state index is 12.2. The van der Waals surface area contributed by atoms with Crippen molar-refractivity contribution in [2.24, 2.45) is 5.92 Å². The molecular weight excluding hydrogens is 282 g/mol. The molecule has 1 aromatic carbocycles. The molecule has 6 nitrogen and oxygen atoms in total. The molecule has 0 spiro atoms. The SMILES string of the molecule is CNC(=O)CNC(=O)C1CC(=O)N(c2cccc(C)c2C)C1. The van der Waals surface area contributed by atoms with Crippen LogP contribution in [0.2, 0.25) is 0 Å². The molecular formula is C16H21N3O3. The number of benzene rings is 1. The van der Waals surface area contributed by atoms with Gasteiger partial charge in [-0.25, -0.2) is 0 Å². The lowest BCUT2D eigenvalue weighted by atomic mass is 10.1. The van der Waals surface area contributed by atoms with E-state index in [9.17, 15) is 14.4 Å². The maximum Gasteiger partial charge on any atom is 0.239 e. The summed E-state index contributed by atoms with van der Waals surface area (Å²) in [6, 6.07) is 5.79. The summed E-state index contributed by atoms with van der Waals surface area (Å²) in [6.07, 6.45) is 0.174. The van der Waals surface area contributed by atoms with E-state index in [0.717, 1.165) is 16.8 Å². The van der Waals surface area contributed by atoms with Crippen LogP contribution in [0, 0.1) is 19.8 Å². The summed E-state index contributed by atoms with van der Waals surface area (Å²) in [5, 5.41) is 5.00. The molecule has 1 heterocycles. The van der Waals surface area contributed by atoms with Gasteiger partial charge in [0.2, 0.25) is 17.7 Å². The zero-order valence-corrected chi connectivity index (χ0v) is 13.1. The fourth-order valence-corrected chi connectivity index (χ4v) is 2.54. The third-order valence-corrected chi connectivity index (χ3v) is 4.06. The smallest absolute Gasteiger partial charge is 0.239 e. The zero-order chi connectivity index (χ0) is 16.3. The number of carbonyl (C=O) groups excluding carboxylic acids is 3. The van der Waals surface area contributed by atoms with Gasteiger partial charge in [-0.15, -0.1) is 0 Å². The van der Waals surface area contributed by atoms with E-state index in [-0.39, 0.29) is 30.7 Å². The Kier molecular flexibility index (Phi) is 4.80. The molecule has 1 saturated heterocycles. The third kappa shape index (κ3) is 3.27. The van der Waals surface area contributed by atoms with E-state index in [0.29, 0.717) is 6.54 Å². The Labute approximate surface area is 129 Å². The lowest BCUT2D eigenvalue weighted by molar-refractivity contribution is -0.128. The molecule has 3 amide bonds. The van der Waals surface area contributed by atoms with Crippen LogP contribution in [0.15, 0.2) is 18.2 Å². The molecule has 2 rings (SSSR count). The fraction of sp³-hybridized carbons (Fsp3) is 0.438. The number of likely N-dealkylation sites (N-methyl/N-ethyl adjacent to an activating group) is 1. The zero-order valence-electron chi connectivity index (χ0n) is 13.1. The van der Waals surface area contributed by atoms with E-state index in [1.54, 1.807) is 4.90 Å². The molecule has 1 aromatic rings. The summed E-state index contributed by atoms with van der Waals surface area (Å²) in [4.78, 5) is 37.1. The van der Waals surface area contributed by atoms with Crippen molar-refractivity contribution >= 4 is 23.4 Å². The van der Waals surface area contributed by atoms with Gasteiger partial charge in [-0.2, -0.15) is 0 Å². The van der Waals surface area contributed by atoms with Crippen molar-refractivity contribution in [1.29, 1.82) is 0 Å². The number of amides is 3. The number of aryl methyl sites for hydroxylation is 1. The molecule has 1 unspecified atom stereocenters. The normalized spacial score (nSPS) is 17.5. The maximum atomic E-state index is 12.2. The average Bonchev–Trinajstić information content (AvgIpc) is 2.89. The van der Waals surface area contributed by atoms with Crippen LogP contribution in [-0.2, 0) is 14.4 Å². The van der Waals surface area contributed by atoms with Gasteiger partial charge >= 0.3 is 0 Å². The average molecular weight is 303 g/mol. The summed E-state index contributed by atoms with van der Waals surface area (Å²) in [5.74, 6) is -1.00. The molecule has 1 aliphatic heterocycles. The van der Waals surface area contributed by atoms with Gasteiger partial charge in [0.1, 0.15) is 0 Å². The van der Waals surface area contributed by atoms with Gasteiger partial charge in [0.25, 0.3) is 0 Å². The molecule has 6 heteroatoms. The summed E-state index contributed by atoms with van der Waals surface area (Å²) >= 11 is 0. The van der Waals surface area contributed by atoms with Crippen LogP contribution < -0.4 is 15.5 Å². The standard InChI is InChI=1S/C16H21N3O3/c1-10-5-4-6-13(11(10)2)19-9-12(7-15(19)21)16(22)18-8-14(20)17-3/h4-6,12H,7-9H2,1-3H3,(H,17,20)(H,18,22). The highest BCUT2D eigenvalue weighted by atomic mass is 16.2. The highest BCUT2D eigenvalue weighted by Gasteiger charge is 2.35. The first-order valence-corrected chi connectivity index (χ1v) is 7.29. The number of rotatable bonds is 4. The van der Waals surface area contributed by atoms with Crippen LogP contribution in [-0.4, -0.2) is 37.9 Å². The molecule has 1 fully saturated rings. The minimum atomic E-state index is -0.419. The van der Waals surface area contributed by atoms with Crippen LogP contribution >= 0.6 is 0 Å². The van der Waals surface area contributed by atoms with Crippen molar-refractivity contribution in [2.45, 2.75) is 20.3 Å². The molecule has 0 radical (unpaired) electrons. The quantitative estimate of drug-likeness (QED) is 0.851. The lowest BCUT2D eigenvalue weighted by Crippen LogP contribution is -2.39. The Hall–Kier alpha value is -2.37. The van der Waals surface area contributed by atoms with E-state index in [2.05, 4.69) is 10.6 Å². The minimum Gasteiger partial charge on any atom is -0.358 e. The monoisotopic (exact) mass is 303 g/mol. The number of nitrogens with zero attached hydrogens (tertiary/aromatic N) is 1. The summed E-state index contributed by atoms with van der Waals surface area (Å²) in [6.45, 7) is 4.25. The van der Waals surface area contributed by atoms with Gasteiger partial charge in [0.05, 0.1) is 12.5 Å². The fourth-order valence-electron chi connectivity index (χ4n) is 2.54. The lowest BCUT2D eigenvalue weighted by Gasteiger charge is -2.20. The van der Waals surface area contributed by atoms with Gasteiger partial charge in [-0.3, -0.25) is 14.4 Å². The second-order valence-electron chi connectivity index (χ2n) is 5.52. The molecule has 0 aromatic heterocycles.